The zero-order chi connectivity index (χ0) is 25.1. The van der Waals surface area contributed by atoms with Crippen LogP contribution >= 0.6 is 0 Å². The average molecular weight is 487 g/mol. The predicted molar refractivity (Wildman–Crippen MR) is 133 cm³/mol. The molecule has 9 nitrogen and oxygen atoms in total. The van der Waals surface area contributed by atoms with Gasteiger partial charge in [-0.3, -0.25) is 14.4 Å². The standard InChI is InChI=1S/C26H38N4O5/c1-5-34-22-15-30(23-21(31)16-35-24(22)23)26(33)20(14-17(2)3)27-25(32)18-6-8-19(9-7-18)29-12-10-28(4)11-13-29/h6-9,17,20,22-24H,5,10-16H2,1-4H3,(H,27,32)/t20-,22-,23+,24+/m0/s1. The molecule has 1 aromatic carbocycles. The number of carbonyl (C=O) groups is 3. The van der Waals surface area contributed by atoms with Crippen LogP contribution in [0.5, 0.6) is 0 Å². The Morgan fingerprint density at radius 3 is 2.46 bits per heavy atom. The number of likely N-dealkylation sites (N-methyl/N-ethyl adjacent to an activating group) is 1. The van der Waals surface area contributed by atoms with Crippen LogP contribution in [0.4, 0.5) is 5.69 Å². The molecule has 1 N–H and O–H groups in total. The Kier molecular flexibility index (Phi) is 8.09. The van der Waals surface area contributed by atoms with E-state index in [1.54, 1.807) is 4.90 Å². The lowest BCUT2D eigenvalue weighted by molar-refractivity contribution is -0.138. The molecule has 2 amide bonds. The van der Waals surface area contributed by atoms with E-state index in [1.165, 1.54) is 0 Å². The van der Waals surface area contributed by atoms with Crippen LogP contribution in [0.15, 0.2) is 24.3 Å². The monoisotopic (exact) mass is 486 g/mol. The molecule has 0 bridgehead atoms. The fourth-order valence-electron chi connectivity index (χ4n) is 5.22. The molecule has 0 unspecified atom stereocenters. The van der Waals surface area contributed by atoms with Crippen molar-refractivity contribution < 1.29 is 23.9 Å². The van der Waals surface area contributed by atoms with Gasteiger partial charge in [0, 0.05) is 44.0 Å². The number of piperazine rings is 1. The summed E-state index contributed by atoms with van der Waals surface area (Å²) in [6.45, 7) is 10.6. The van der Waals surface area contributed by atoms with Crippen LogP contribution in [0, 0.1) is 5.92 Å². The minimum atomic E-state index is -0.728. The summed E-state index contributed by atoms with van der Waals surface area (Å²) in [5.74, 6) is -0.475. The number of carbonyl (C=O) groups excluding carboxylic acids is 3. The van der Waals surface area contributed by atoms with Crippen molar-refractivity contribution in [2.75, 3.05) is 57.9 Å². The molecule has 4 rings (SSSR count). The molecule has 4 atom stereocenters. The van der Waals surface area contributed by atoms with Gasteiger partial charge in [0.2, 0.25) is 5.91 Å². The molecule has 9 heteroatoms. The molecule has 35 heavy (non-hydrogen) atoms. The highest BCUT2D eigenvalue weighted by molar-refractivity contribution is 5.99. The Morgan fingerprint density at radius 2 is 1.83 bits per heavy atom. The Balaban J connectivity index is 1.45. The van der Waals surface area contributed by atoms with Crippen LogP contribution in [-0.2, 0) is 19.1 Å². The number of Topliss-reactive ketones (excluding diaryl/α,β-unsaturated/α-hetero) is 1. The van der Waals surface area contributed by atoms with Gasteiger partial charge in [0.05, 0.1) is 6.54 Å². The van der Waals surface area contributed by atoms with E-state index < -0.39 is 18.2 Å². The summed E-state index contributed by atoms with van der Waals surface area (Å²) in [7, 11) is 2.12. The number of ether oxygens (including phenoxy) is 2. The van der Waals surface area contributed by atoms with Gasteiger partial charge in [-0.15, -0.1) is 0 Å². The summed E-state index contributed by atoms with van der Waals surface area (Å²) in [5.41, 5.74) is 1.60. The third-order valence-electron chi connectivity index (χ3n) is 7.11. The van der Waals surface area contributed by atoms with E-state index in [0.717, 1.165) is 31.9 Å². The van der Waals surface area contributed by atoms with E-state index in [4.69, 9.17) is 9.47 Å². The number of amides is 2. The minimum Gasteiger partial charge on any atom is -0.374 e. The Hall–Kier alpha value is -2.49. The molecule has 0 spiro atoms. The molecule has 3 saturated heterocycles. The third kappa shape index (κ3) is 5.68. The summed E-state index contributed by atoms with van der Waals surface area (Å²) >= 11 is 0. The summed E-state index contributed by atoms with van der Waals surface area (Å²) in [6.07, 6.45) is -0.298. The lowest BCUT2D eigenvalue weighted by Crippen LogP contribution is -2.52. The second-order valence-corrected chi connectivity index (χ2v) is 10.2. The van der Waals surface area contributed by atoms with Gasteiger partial charge in [0.15, 0.2) is 5.78 Å². The largest absolute Gasteiger partial charge is 0.374 e. The number of fused-ring (bicyclic) bond motifs is 1. The van der Waals surface area contributed by atoms with Crippen molar-refractivity contribution in [3.63, 3.8) is 0 Å². The number of hydrogen-bond donors (Lipinski definition) is 1. The molecule has 0 aliphatic carbocycles. The second kappa shape index (κ2) is 11.1. The van der Waals surface area contributed by atoms with Crippen LogP contribution in [0.2, 0.25) is 0 Å². The summed E-state index contributed by atoms with van der Waals surface area (Å²) in [5, 5.41) is 2.94. The number of benzene rings is 1. The molecule has 0 saturated carbocycles. The van der Waals surface area contributed by atoms with E-state index in [0.29, 0.717) is 18.6 Å². The lowest BCUT2D eigenvalue weighted by atomic mass is 10.0. The zero-order valence-corrected chi connectivity index (χ0v) is 21.2. The quantitative estimate of drug-likeness (QED) is 0.590. The predicted octanol–water partition coefficient (Wildman–Crippen LogP) is 1.17. The highest BCUT2D eigenvalue weighted by Crippen LogP contribution is 2.30. The first-order chi connectivity index (χ1) is 16.8. The van der Waals surface area contributed by atoms with Crippen molar-refractivity contribution in [2.24, 2.45) is 5.92 Å². The van der Waals surface area contributed by atoms with Gasteiger partial charge in [-0.05, 0) is 50.6 Å². The van der Waals surface area contributed by atoms with Crippen molar-refractivity contribution in [3.05, 3.63) is 29.8 Å². The maximum absolute atomic E-state index is 13.6. The summed E-state index contributed by atoms with van der Waals surface area (Å²) < 4.78 is 11.4. The van der Waals surface area contributed by atoms with Gasteiger partial charge in [0.1, 0.15) is 30.9 Å². The molecule has 3 heterocycles. The SMILES string of the molecule is CCO[C@H]1CN(C(=O)[C@H](CC(C)C)NC(=O)c2ccc(N3CCN(C)CC3)cc2)[C@@H]2C(=O)CO[C@H]12. The highest BCUT2D eigenvalue weighted by Gasteiger charge is 2.53. The number of anilines is 1. The maximum atomic E-state index is 13.6. The highest BCUT2D eigenvalue weighted by atomic mass is 16.6. The molecule has 1 aromatic rings. The smallest absolute Gasteiger partial charge is 0.251 e. The number of rotatable bonds is 8. The van der Waals surface area contributed by atoms with Gasteiger partial charge in [-0.2, -0.15) is 0 Å². The van der Waals surface area contributed by atoms with Crippen LogP contribution in [0.3, 0.4) is 0 Å². The van der Waals surface area contributed by atoms with Crippen molar-refractivity contribution in [1.29, 1.82) is 0 Å². The molecule has 3 fully saturated rings. The molecule has 0 radical (unpaired) electrons. The number of likely N-dealkylation sites (tertiary alicyclic amines) is 1. The number of nitrogens with zero attached hydrogens (tertiary/aromatic N) is 3. The van der Waals surface area contributed by atoms with Crippen LogP contribution in [-0.4, -0.2) is 105 Å². The fraction of sp³-hybridized carbons (Fsp3) is 0.654. The minimum absolute atomic E-state index is 0.0104. The molecule has 192 valence electrons. The van der Waals surface area contributed by atoms with Crippen LogP contribution in [0.1, 0.15) is 37.6 Å². The third-order valence-corrected chi connectivity index (χ3v) is 7.11. The summed E-state index contributed by atoms with van der Waals surface area (Å²) in [6, 6.07) is 6.18. The van der Waals surface area contributed by atoms with Crippen molar-refractivity contribution in [1.82, 2.24) is 15.1 Å². The normalized spacial score (nSPS) is 25.7. The van der Waals surface area contributed by atoms with E-state index in [1.807, 2.05) is 45.0 Å². The van der Waals surface area contributed by atoms with Crippen molar-refractivity contribution in [2.45, 2.75) is 51.5 Å². The van der Waals surface area contributed by atoms with Gasteiger partial charge in [-0.25, -0.2) is 0 Å². The Bertz CT molecular complexity index is 913. The van der Waals surface area contributed by atoms with Gasteiger partial charge in [0.25, 0.3) is 5.91 Å². The number of nitrogens with one attached hydrogen (secondary N) is 1. The molecule has 0 aromatic heterocycles. The topological polar surface area (TPSA) is 91.4 Å². The first-order valence-corrected chi connectivity index (χ1v) is 12.7. The van der Waals surface area contributed by atoms with Gasteiger partial charge >= 0.3 is 0 Å². The van der Waals surface area contributed by atoms with Crippen molar-refractivity contribution >= 4 is 23.3 Å². The molecular weight excluding hydrogens is 448 g/mol. The molecule has 3 aliphatic rings. The Morgan fingerprint density at radius 1 is 1.14 bits per heavy atom. The first-order valence-electron chi connectivity index (χ1n) is 12.7. The lowest BCUT2D eigenvalue weighted by Gasteiger charge is -2.34. The molecule has 3 aliphatic heterocycles. The maximum Gasteiger partial charge on any atom is 0.251 e. The van der Waals surface area contributed by atoms with Crippen LogP contribution < -0.4 is 10.2 Å². The second-order valence-electron chi connectivity index (χ2n) is 10.2. The van der Waals surface area contributed by atoms with E-state index in [9.17, 15) is 14.4 Å². The van der Waals surface area contributed by atoms with E-state index in [2.05, 4.69) is 22.2 Å². The number of ketones is 1. The average Bonchev–Trinajstić information content (AvgIpc) is 3.39. The molecular formula is C26H38N4O5. The fourth-order valence-corrected chi connectivity index (χ4v) is 5.22. The van der Waals surface area contributed by atoms with E-state index in [-0.39, 0.29) is 42.8 Å². The van der Waals surface area contributed by atoms with Gasteiger partial charge in [-0.1, -0.05) is 13.8 Å². The summed E-state index contributed by atoms with van der Waals surface area (Å²) in [4.78, 5) is 45.4. The number of hydrogen-bond acceptors (Lipinski definition) is 7. The first kappa shape index (κ1) is 25.6. The van der Waals surface area contributed by atoms with Gasteiger partial charge < -0.3 is 29.5 Å². The zero-order valence-electron chi connectivity index (χ0n) is 21.2. The van der Waals surface area contributed by atoms with Crippen molar-refractivity contribution in [3.8, 4) is 0 Å². The van der Waals surface area contributed by atoms with E-state index >= 15 is 0 Å². The Labute approximate surface area is 207 Å². The van der Waals surface area contributed by atoms with Crippen LogP contribution in [0.25, 0.3) is 0 Å².